The summed E-state index contributed by atoms with van der Waals surface area (Å²) in [7, 11) is -3.03. The van der Waals surface area contributed by atoms with Crippen LogP contribution in [0.2, 0.25) is 0 Å². The average molecular weight is 299 g/mol. The van der Waals surface area contributed by atoms with Gasteiger partial charge in [-0.3, -0.25) is 0 Å². The first kappa shape index (κ1) is 15.1. The monoisotopic (exact) mass is 299 g/mol. The Balaban J connectivity index is 1.96. The van der Waals surface area contributed by atoms with Crippen LogP contribution in [-0.4, -0.2) is 37.7 Å². The lowest BCUT2D eigenvalue weighted by molar-refractivity contribution is -0.184. The van der Waals surface area contributed by atoms with E-state index in [0.29, 0.717) is 19.3 Å². The molecular formula is C12H20F3NO2S. The standard InChI is InChI=1S/C12H20F3NO2S/c1-11(5-6-19(17,18)8-11)16-10-4-2-3-9(7-10)12(13,14)15/h9-10,16H,2-8H2,1H3. The molecule has 112 valence electrons. The van der Waals surface area contributed by atoms with Gasteiger partial charge in [0.2, 0.25) is 0 Å². The highest BCUT2D eigenvalue weighted by molar-refractivity contribution is 7.91. The quantitative estimate of drug-likeness (QED) is 0.851. The Morgan fingerprint density at radius 3 is 2.47 bits per heavy atom. The second-order valence-electron chi connectivity index (χ2n) is 6.15. The van der Waals surface area contributed by atoms with Crippen LogP contribution < -0.4 is 5.32 Å². The molecule has 3 nitrogen and oxygen atoms in total. The molecule has 7 heteroatoms. The Morgan fingerprint density at radius 1 is 1.26 bits per heavy atom. The van der Waals surface area contributed by atoms with Crippen LogP contribution in [0.5, 0.6) is 0 Å². The Bertz CT molecular complexity index is 435. The van der Waals surface area contributed by atoms with E-state index in [4.69, 9.17) is 0 Å². The van der Waals surface area contributed by atoms with E-state index in [1.165, 1.54) is 0 Å². The predicted octanol–water partition coefficient (Wildman–Crippen LogP) is 2.27. The van der Waals surface area contributed by atoms with Gasteiger partial charge >= 0.3 is 6.18 Å². The first-order valence-electron chi connectivity index (χ1n) is 6.65. The molecule has 19 heavy (non-hydrogen) atoms. The second kappa shape index (κ2) is 4.91. The van der Waals surface area contributed by atoms with Crippen LogP contribution in [0, 0.1) is 5.92 Å². The zero-order chi connectivity index (χ0) is 14.3. The SMILES string of the molecule is CC1(NC2CCCC(C(F)(F)F)C2)CCS(=O)(=O)C1. The molecule has 0 aromatic carbocycles. The molecule has 0 radical (unpaired) electrons. The zero-order valence-electron chi connectivity index (χ0n) is 11.0. The lowest BCUT2D eigenvalue weighted by Gasteiger charge is -2.36. The second-order valence-corrected chi connectivity index (χ2v) is 8.33. The molecule has 1 N–H and O–H groups in total. The first-order chi connectivity index (χ1) is 8.60. The highest BCUT2D eigenvalue weighted by Gasteiger charge is 2.45. The van der Waals surface area contributed by atoms with Crippen LogP contribution in [0.1, 0.15) is 39.0 Å². The highest BCUT2D eigenvalue weighted by Crippen LogP contribution is 2.38. The summed E-state index contributed by atoms with van der Waals surface area (Å²) in [6.07, 6.45) is -2.14. The van der Waals surface area contributed by atoms with Crippen LogP contribution in [0.4, 0.5) is 13.2 Å². The number of hydrogen-bond donors (Lipinski definition) is 1. The van der Waals surface area contributed by atoms with Crippen LogP contribution >= 0.6 is 0 Å². The van der Waals surface area contributed by atoms with E-state index < -0.39 is 27.5 Å². The molecule has 1 saturated heterocycles. The zero-order valence-corrected chi connectivity index (χ0v) is 11.8. The van der Waals surface area contributed by atoms with Gasteiger partial charge in [0.15, 0.2) is 9.84 Å². The topological polar surface area (TPSA) is 46.2 Å². The van der Waals surface area contributed by atoms with Gasteiger partial charge in [0.05, 0.1) is 17.4 Å². The molecule has 1 aliphatic carbocycles. The lowest BCUT2D eigenvalue weighted by Crippen LogP contribution is -2.51. The molecule has 1 aliphatic heterocycles. The third kappa shape index (κ3) is 3.84. The van der Waals surface area contributed by atoms with Crippen molar-refractivity contribution in [1.82, 2.24) is 5.32 Å². The molecule has 3 unspecified atom stereocenters. The van der Waals surface area contributed by atoms with Gasteiger partial charge in [-0.15, -0.1) is 0 Å². The van der Waals surface area contributed by atoms with Gasteiger partial charge in [0.1, 0.15) is 0 Å². The maximum absolute atomic E-state index is 12.7. The van der Waals surface area contributed by atoms with Crippen LogP contribution in [0.15, 0.2) is 0 Å². The van der Waals surface area contributed by atoms with Crippen molar-refractivity contribution in [3.05, 3.63) is 0 Å². The van der Waals surface area contributed by atoms with Gasteiger partial charge in [-0.25, -0.2) is 8.42 Å². The molecule has 0 spiro atoms. The molecule has 2 fully saturated rings. The van der Waals surface area contributed by atoms with Crippen molar-refractivity contribution in [2.75, 3.05) is 11.5 Å². The fourth-order valence-corrected chi connectivity index (χ4v) is 5.34. The maximum Gasteiger partial charge on any atom is 0.391 e. The van der Waals surface area contributed by atoms with Gasteiger partial charge in [-0.05, 0) is 32.6 Å². The predicted molar refractivity (Wildman–Crippen MR) is 66.6 cm³/mol. The van der Waals surface area contributed by atoms with Crippen molar-refractivity contribution in [2.24, 2.45) is 5.92 Å². The van der Waals surface area contributed by atoms with Crippen molar-refractivity contribution in [3.63, 3.8) is 0 Å². The minimum Gasteiger partial charge on any atom is -0.308 e. The molecule has 2 aliphatic rings. The summed E-state index contributed by atoms with van der Waals surface area (Å²) < 4.78 is 61.2. The molecule has 0 aromatic heterocycles. The summed E-state index contributed by atoms with van der Waals surface area (Å²) in [5.41, 5.74) is -0.559. The van der Waals surface area contributed by atoms with Crippen molar-refractivity contribution in [2.45, 2.75) is 56.8 Å². The Hall–Kier alpha value is -0.300. The largest absolute Gasteiger partial charge is 0.391 e. The molecule has 1 saturated carbocycles. The van der Waals surface area contributed by atoms with Gasteiger partial charge in [-0.1, -0.05) is 6.42 Å². The smallest absolute Gasteiger partial charge is 0.308 e. The first-order valence-corrected chi connectivity index (χ1v) is 8.47. The van der Waals surface area contributed by atoms with Crippen LogP contribution in [0.25, 0.3) is 0 Å². The average Bonchev–Trinajstić information content (AvgIpc) is 2.52. The fourth-order valence-electron chi connectivity index (χ4n) is 3.24. The molecule has 0 bridgehead atoms. The number of sulfone groups is 1. The van der Waals surface area contributed by atoms with Crippen molar-refractivity contribution in [3.8, 4) is 0 Å². The molecule has 0 amide bonds. The van der Waals surface area contributed by atoms with Gasteiger partial charge < -0.3 is 5.32 Å². The summed E-state index contributed by atoms with van der Waals surface area (Å²) >= 11 is 0. The van der Waals surface area contributed by atoms with E-state index in [-0.39, 0.29) is 30.4 Å². The summed E-state index contributed by atoms with van der Waals surface area (Å²) in [6, 6.07) is -0.223. The highest BCUT2D eigenvalue weighted by atomic mass is 32.2. The van der Waals surface area contributed by atoms with E-state index in [9.17, 15) is 21.6 Å². The third-order valence-electron chi connectivity index (χ3n) is 4.19. The summed E-state index contributed by atoms with van der Waals surface area (Å²) in [6.45, 7) is 1.80. The number of alkyl halides is 3. The fraction of sp³-hybridized carbons (Fsp3) is 1.00. The van der Waals surface area contributed by atoms with Crippen molar-refractivity contribution in [1.29, 1.82) is 0 Å². The van der Waals surface area contributed by atoms with Crippen LogP contribution in [0.3, 0.4) is 0 Å². The maximum atomic E-state index is 12.7. The van der Waals surface area contributed by atoms with E-state index in [0.717, 1.165) is 0 Å². The van der Waals surface area contributed by atoms with Crippen molar-refractivity contribution >= 4 is 9.84 Å². The number of hydrogen-bond acceptors (Lipinski definition) is 3. The van der Waals surface area contributed by atoms with E-state index in [1.807, 2.05) is 0 Å². The molecule has 2 rings (SSSR count). The van der Waals surface area contributed by atoms with Gasteiger partial charge in [0.25, 0.3) is 0 Å². The van der Waals surface area contributed by atoms with Gasteiger partial charge in [-0.2, -0.15) is 13.2 Å². The molecule has 1 heterocycles. The summed E-state index contributed by atoms with van der Waals surface area (Å²) in [5, 5.41) is 3.17. The number of nitrogens with one attached hydrogen (secondary N) is 1. The van der Waals surface area contributed by atoms with Crippen molar-refractivity contribution < 1.29 is 21.6 Å². The lowest BCUT2D eigenvalue weighted by atomic mass is 9.84. The Morgan fingerprint density at radius 2 is 1.95 bits per heavy atom. The van der Waals surface area contributed by atoms with Gasteiger partial charge in [0, 0.05) is 11.6 Å². The Kier molecular flexibility index (Phi) is 3.90. The van der Waals surface area contributed by atoms with Crippen LogP contribution in [-0.2, 0) is 9.84 Å². The molecule has 0 aromatic rings. The van der Waals surface area contributed by atoms with E-state index in [2.05, 4.69) is 5.32 Å². The number of halogens is 3. The molecule has 3 atom stereocenters. The number of rotatable bonds is 2. The Labute approximate surface area is 111 Å². The normalized spacial score (nSPS) is 39.4. The molecular weight excluding hydrogens is 279 g/mol. The third-order valence-corrected chi connectivity index (χ3v) is 6.10. The summed E-state index contributed by atoms with van der Waals surface area (Å²) in [5.74, 6) is -1.08. The minimum atomic E-state index is -4.14. The van der Waals surface area contributed by atoms with E-state index in [1.54, 1.807) is 6.92 Å². The minimum absolute atomic E-state index is 0.0349. The summed E-state index contributed by atoms with van der Waals surface area (Å²) in [4.78, 5) is 0. The van der Waals surface area contributed by atoms with E-state index >= 15 is 0 Å².